The number of aliphatic hydroxyl groups excluding tert-OH is 2. The maximum Gasteiger partial charge on any atom is 0.335 e. The summed E-state index contributed by atoms with van der Waals surface area (Å²) in [6, 6.07) is 0. The van der Waals surface area contributed by atoms with E-state index in [4.69, 9.17) is 23.7 Å². The van der Waals surface area contributed by atoms with Crippen molar-refractivity contribution < 1.29 is 58.2 Å². The van der Waals surface area contributed by atoms with Crippen LogP contribution in [-0.4, -0.2) is 89.2 Å². The summed E-state index contributed by atoms with van der Waals surface area (Å²) in [7, 11) is 0. The largest absolute Gasteiger partial charge is 0.479 e. The SMILES string of the molecule is CC/C=C\C/C=C\C/C=C\C/C=C\C/C=C\C/C=C\CCC(=O)OC1C(OCC(COC(=O)CCCCCCCC/C=C\C/C=C\C/C=C\C/C=C\CC)OC(=O)CCCCCCC/C=C\C/C=C\CCCCC)OC(C(=O)O)C(O)C1O. The monoisotopic (exact) mass is 1150 g/mol. The first-order valence-electron chi connectivity index (χ1n) is 31.8. The van der Waals surface area contributed by atoms with Crippen LogP contribution in [0.3, 0.4) is 0 Å². The van der Waals surface area contributed by atoms with E-state index in [0.29, 0.717) is 25.7 Å². The molecule has 83 heavy (non-hydrogen) atoms. The molecule has 12 heteroatoms. The Labute approximate surface area is 502 Å². The molecule has 1 aliphatic heterocycles. The second kappa shape index (κ2) is 57.1. The van der Waals surface area contributed by atoms with Crippen molar-refractivity contribution in [3.63, 3.8) is 0 Å². The molecule has 1 fully saturated rings. The molecule has 3 N–H and O–H groups in total. The second-order valence-electron chi connectivity index (χ2n) is 20.9. The summed E-state index contributed by atoms with van der Waals surface area (Å²) >= 11 is 0. The van der Waals surface area contributed by atoms with Crippen LogP contribution in [0.1, 0.15) is 226 Å². The van der Waals surface area contributed by atoms with Crippen LogP contribution in [-0.2, 0) is 42.9 Å². The summed E-state index contributed by atoms with van der Waals surface area (Å²) in [5.41, 5.74) is 0. The van der Waals surface area contributed by atoms with Crippen molar-refractivity contribution in [3.05, 3.63) is 146 Å². The highest BCUT2D eigenvalue weighted by molar-refractivity contribution is 5.74. The zero-order valence-electron chi connectivity index (χ0n) is 51.4. The van der Waals surface area contributed by atoms with Gasteiger partial charge >= 0.3 is 23.9 Å². The van der Waals surface area contributed by atoms with Gasteiger partial charge in [-0.1, -0.05) is 224 Å². The molecule has 0 radical (unpaired) electrons. The standard InChI is InChI=1S/C71H110O12/c1-4-7-10-13-16-19-22-25-28-30-32-34-37-39-42-45-48-51-54-57-63(72)79-60-62(81-64(73)58-55-52-49-46-43-40-36-27-24-21-18-15-12-9-6-3)61-80-71-69(67(76)66(75)68(83-71)70(77)78)82-65(74)59-56-53-50-47-44-41-38-35-33-31-29-26-23-20-17-14-11-8-5-2/h7-8,10-11,16-21,25-29,32-36,41,44,50,53,62,66-69,71,75-76H,4-6,9,12-15,22-24,30-31,37-40,42-43,45-49,51-52,54-61H2,1-3H3,(H,77,78)/b10-7-,11-8-,19-16-,20-17-,21-18-,28-25-,29-26-,34-32-,35-33-,36-27-,44-41-,53-50-. The summed E-state index contributed by atoms with van der Waals surface area (Å²) in [6.07, 6.45) is 69.5. The highest BCUT2D eigenvalue weighted by atomic mass is 16.7. The van der Waals surface area contributed by atoms with Crippen LogP contribution in [0.25, 0.3) is 0 Å². The molecule has 0 spiro atoms. The molecule has 0 aromatic rings. The fourth-order valence-corrected chi connectivity index (χ4v) is 8.59. The lowest BCUT2D eigenvalue weighted by atomic mass is 9.98. The number of carboxylic acid groups (broad SMARTS) is 1. The third-order valence-electron chi connectivity index (χ3n) is 13.4. The molecule has 6 atom stereocenters. The van der Waals surface area contributed by atoms with Crippen molar-refractivity contribution in [3.8, 4) is 0 Å². The van der Waals surface area contributed by atoms with Crippen LogP contribution in [0.15, 0.2) is 146 Å². The van der Waals surface area contributed by atoms with Crippen LogP contribution >= 0.6 is 0 Å². The molecule has 0 amide bonds. The summed E-state index contributed by atoms with van der Waals surface area (Å²) in [4.78, 5) is 51.3. The first kappa shape index (κ1) is 75.6. The fraction of sp³-hybridized carbons (Fsp3) is 0.606. The molecular weight excluding hydrogens is 1040 g/mol. The third kappa shape index (κ3) is 46.6. The van der Waals surface area contributed by atoms with Crippen LogP contribution < -0.4 is 0 Å². The van der Waals surface area contributed by atoms with Crippen LogP contribution in [0.5, 0.6) is 0 Å². The van der Waals surface area contributed by atoms with E-state index in [0.717, 1.165) is 141 Å². The first-order valence-corrected chi connectivity index (χ1v) is 31.8. The summed E-state index contributed by atoms with van der Waals surface area (Å²) in [6.45, 7) is 5.68. The topological polar surface area (TPSA) is 175 Å². The number of hydrogen-bond acceptors (Lipinski definition) is 11. The van der Waals surface area contributed by atoms with Gasteiger partial charge in [0.05, 0.1) is 6.61 Å². The molecule has 1 heterocycles. The van der Waals surface area contributed by atoms with E-state index in [-0.39, 0.29) is 25.9 Å². The minimum absolute atomic E-state index is 0.0758. The summed E-state index contributed by atoms with van der Waals surface area (Å²) in [5, 5.41) is 31.6. The quantitative estimate of drug-likeness (QED) is 0.0228. The van der Waals surface area contributed by atoms with Crippen molar-refractivity contribution >= 4 is 23.9 Å². The first-order chi connectivity index (χ1) is 40.6. The van der Waals surface area contributed by atoms with Gasteiger partial charge < -0.3 is 39.0 Å². The van der Waals surface area contributed by atoms with Gasteiger partial charge in [0, 0.05) is 19.3 Å². The van der Waals surface area contributed by atoms with E-state index < -0.39 is 67.3 Å². The van der Waals surface area contributed by atoms with Gasteiger partial charge in [-0.3, -0.25) is 14.4 Å². The Balaban J connectivity index is 2.74. The number of carboxylic acids is 1. The van der Waals surface area contributed by atoms with Crippen molar-refractivity contribution in [2.24, 2.45) is 0 Å². The lowest BCUT2D eigenvalue weighted by Gasteiger charge is -2.40. The van der Waals surface area contributed by atoms with Crippen molar-refractivity contribution in [2.75, 3.05) is 13.2 Å². The van der Waals surface area contributed by atoms with E-state index in [1.54, 1.807) is 0 Å². The lowest BCUT2D eigenvalue weighted by molar-refractivity contribution is -0.301. The van der Waals surface area contributed by atoms with E-state index >= 15 is 0 Å². The molecule has 12 nitrogen and oxygen atoms in total. The lowest BCUT2D eigenvalue weighted by Crippen LogP contribution is -2.61. The maximum absolute atomic E-state index is 13.2. The van der Waals surface area contributed by atoms with Crippen molar-refractivity contribution in [2.45, 2.75) is 263 Å². The molecule has 6 unspecified atom stereocenters. The molecular formula is C71H110O12. The Morgan fingerprint density at radius 3 is 1.20 bits per heavy atom. The zero-order valence-corrected chi connectivity index (χ0v) is 51.4. The molecule has 0 aliphatic carbocycles. The summed E-state index contributed by atoms with van der Waals surface area (Å²) in [5.74, 6) is -3.29. The van der Waals surface area contributed by atoms with Gasteiger partial charge in [0.25, 0.3) is 0 Å². The van der Waals surface area contributed by atoms with Gasteiger partial charge in [-0.05, 0) is 128 Å². The average molecular weight is 1160 g/mol. The number of carbonyl (C=O) groups is 4. The Kier molecular flexibility index (Phi) is 52.0. The van der Waals surface area contributed by atoms with Gasteiger partial charge in [0.15, 0.2) is 24.6 Å². The molecule has 0 saturated carbocycles. The molecule has 1 saturated heterocycles. The number of hydrogen-bond donors (Lipinski definition) is 3. The van der Waals surface area contributed by atoms with Gasteiger partial charge in [-0.15, -0.1) is 0 Å². The molecule has 0 aromatic heterocycles. The minimum atomic E-state index is -1.94. The fourth-order valence-electron chi connectivity index (χ4n) is 8.59. The van der Waals surface area contributed by atoms with E-state index in [1.165, 1.54) is 19.3 Å². The predicted molar refractivity (Wildman–Crippen MR) is 339 cm³/mol. The molecule has 1 rings (SSSR count). The van der Waals surface area contributed by atoms with Gasteiger partial charge in [0.2, 0.25) is 0 Å². The third-order valence-corrected chi connectivity index (χ3v) is 13.4. The smallest absolute Gasteiger partial charge is 0.335 e. The van der Waals surface area contributed by atoms with E-state index in [2.05, 4.69) is 148 Å². The number of ether oxygens (including phenoxy) is 5. The Bertz CT molecular complexity index is 2000. The zero-order chi connectivity index (χ0) is 60.3. The average Bonchev–Trinajstić information content (AvgIpc) is 3.60. The number of aliphatic carboxylic acids is 1. The molecule has 0 aromatic carbocycles. The van der Waals surface area contributed by atoms with E-state index in [9.17, 15) is 34.5 Å². The van der Waals surface area contributed by atoms with Crippen LogP contribution in [0.2, 0.25) is 0 Å². The second-order valence-corrected chi connectivity index (χ2v) is 20.9. The Hall–Kier alpha value is -5.40. The van der Waals surface area contributed by atoms with E-state index in [1.807, 2.05) is 18.2 Å². The normalized spacial score (nSPS) is 18.6. The summed E-state index contributed by atoms with van der Waals surface area (Å²) < 4.78 is 28.4. The number of aliphatic hydroxyl groups is 2. The maximum atomic E-state index is 13.2. The minimum Gasteiger partial charge on any atom is -0.479 e. The van der Waals surface area contributed by atoms with Crippen LogP contribution in [0.4, 0.5) is 0 Å². The van der Waals surface area contributed by atoms with Crippen molar-refractivity contribution in [1.82, 2.24) is 0 Å². The Morgan fingerprint density at radius 2 is 0.783 bits per heavy atom. The number of carbonyl (C=O) groups excluding carboxylic acids is 3. The molecule has 0 bridgehead atoms. The number of allylic oxidation sites excluding steroid dienone is 24. The van der Waals surface area contributed by atoms with Gasteiger partial charge in [0.1, 0.15) is 18.8 Å². The van der Waals surface area contributed by atoms with Gasteiger partial charge in [-0.25, -0.2) is 4.79 Å². The predicted octanol–water partition coefficient (Wildman–Crippen LogP) is 17.1. The number of esters is 3. The highest BCUT2D eigenvalue weighted by Crippen LogP contribution is 2.26. The number of rotatable bonds is 52. The van der Waals surface area contributed by atoms with Gasteiger partial charge in [-0.2, -0.15) is 0 Å². The van der Waals surface area contributed by atoms with Crippen LogP contribution in [0, 0.1) is 0 Å². The number of unbranched alkanes of at least 4 members (excludes halogenated alkanes) is 14. The Morgan fingerprint density at radius 1 is 0.410 bits per heavy atom. The van der Waals surface area contributed by atoms with Crippen molar-refractivity contribution in [1.29, 1.82) is 0 Å². The molecule has 1 aliphatic rings. The molecule has 466 valence electrons. The highest BCUT2D eigenvalue weighted by Gasteiger charge is 2.50.